The molecule has 0 atom stereocenters. The van der Waals surface area contributed by atoms with E-state index in [1.54, 1.807) is 12.1 Å². The molecule has 2 amide bonds. The molecule has 2 aromatic rings. The fraction of sp³-hybridized carbons (Fsp3) is 0.125. The van der Waals surface area contributed by atoms with E-state index < -0.39 is 17.6 Å². The second-order valence-corrected chi connectivity index (χ2v) is 4.49. The van der Waals surface area contributed by atoms with E-state index in [9.17, 15) is 14.0 Å². The Morgan fingerprint density at radius 1 is 0.870 bits per heavy atom. The third-order valence-electron chi connectivity index (χ3n) is 2.93. The molecule has 0 radical (unpaired) electrons. The normalized spacial score (nSPS) is 9.87. The van der Waals surface area contributed by atoms with Crippen molar-refractivity contribution in [2.45, 2.75) is 0 Å². The molecule has 0 aromatic heterocycles. The fourth-order valence-electron chi connectivity index (χ4n) is 1.86. The highest BCUT2D eigenvalue weighted by Crippen LogP contribution is 2.29. The van der Waals surface area contributed by atoms with Crippen molar-refractivity contribution in [3.8, 4) is 11.5 Å². The monoisotopic (exact) mass is 318 g/mol. The third-order valence-corrected chi connectivity index (χ3v) is 2.93. The van der Waals surface area contributed by atoms with Crippen LogP contribution in [-0.4, -0.2) is 26.0 Å². The summed E-state index contributed by atoms with van der Waals surface area (Å²) >= 11 is 0. The first-order chi connectivity index (χ1) is 11.0. The highest BCUT2D eigenvalue weighted by atomic mass is 19.1. The molecule has 2 rings (SSSR count). The minimum atomic E-state index is -0.912. The second kappa shape index (κ2) is 7.26. The van der Waals surface area contributed by atoms with Crippen LogP contribution in [0.3, 0.4) is 0 Å². The Morgan fingerprint density at radius 2 is 1.48 bits per heavy atom. The lowest BCUT2D eigenvalue weighted by Crippen LogP contribution is -2.29. The minimum Gasteiger partial charge on any atom is -0.493 e. The minimum absolute atomic E-state index is 0.192. The first kappa shape index (κ1) is 16.3. The molecule has 6 nitrogen and oxygen atoms in total. The van der Waals surface area contributed by atoms with Gasteiger partial charge in [-0.2, -0.15) is 0 Å². The summed E-state index contributed by atoms with van der Waals surface area (Å²) in [6.45, 7) is 0. The van der Waals surface area contributed by atoms with E-state index in [-0.39, 0.29) is 5.69 Å². The van der Waals surface area contributed by atoms with Gasteiger partial charge in [-0.15, -0.1) is 0 Å². The molecule has 0 aliphatic heterocycles. The van der Waals surface area contributed by atoms with Gasteiger partial charge in [0.15, 0.2) is 11.5 Å². The average molecular weight is 318 g/mol. The largest absolute Gasteiger partial charge is 0.493 e. The van der Waals surface area contributed by atoms with Gasteiger partial charge in [-0.05, 0) is 30.3 Å². The highest BCUT2D eigenvalue weighted by molar-refractivity contribution is 6.43. The molecule has 0 fully saturated rings. The summed E-state index contributed by atoms with van der Waals surface area (Å²) < 4.78 is 23.2. The van der Waals surface area contributed by atoms with Crippen LogP contribution in [-0.2, 0) is 9.59 Å². The van der Waals surface area contributed by atoms with Crippen molar-refractivity contribution in [1.82, 2.24) is 0 Å². The molecule has 7 heteroatoms. The Labute approximate surface area is 132 Å². The van der Waals surface area contributed by atoms with E-state index in [1.165, 1.54) is 38.5 Å². The van der Waals surface area contributed by atoms with Gasteiger partial charge in [-0.1, -0.05) is 6.07 Å². The maximum atomic E-state index is 13.0. The van der Waals surface area contributed by atoms with Gasteiger partial charge in [-0.3, -0.25) is 9.59 Å². The summed E-state index contributed by atoms with van der Waals surface area (Å²) in [6.07, 6.45) is 0. The number of hydrogen-bond donors (Lipinski definition) is 2. The molecule has 0 bridgehead atoms. The maximum absolute atomic E-state index is 13.0. The van der Waals surface area contributed by atoms with Crippen LogP contribution in [0.15, 0.2) is 42.5 Å². The molecule has 0 aliphatic rings. The van der Waals surface area contributed by atoms with Gasteiger partial charge in [0.2, 0.25) is 0 Å². The van der Waals surface area contributed by atoms with Crippen molar-refractivity contribution in [3.63, 3.8) is 0 Å². The molecule has 0 heterocycles. The third kappa shape index (κ3) is 4.19. The molecule has 2 aromatic carbocycles. The fourth-order valence-corrected chi connectivity index (χ4v) is 1.86. The van der Waals surface area contributed by atoms with Crippen molar-refractivity contribution >= 4 is 23.2 Å². The summed E-state index contributed by atoms with van der Waals surface area (Å²) in [7, 11) is 2.95. The first-order valence-corrected chi connectivity index (χ1v) is 6.63. The van der Waals surface area contributed by atoms with Gasteiger partial charge < -0.3 is 20.1 Å². The molecule has 23 heavy (non-hydrogen) atoms. The lowest BCUT2D eigenvalue weighted by atomic mass is 10.2. The van der Waals surface area contributed by atoms with Gasteiger partial charge >= 0.3 is 11.8 Å². The van der Waals surface area contributed by atoms with E-state index in [4.69, 9.17) is 9.47 Å². The predicted octanol–water partition coefficient (Wildman–Crippen LogP) is 2.42. The Bertz CT molecular complexity index is 734. The van der Waals surface area contributed by atoms with Crippen molar-refractivity contribution < 1.29 is 23.5 Å². The Morgan fingerprint density at radius 3 is 2.04 bits per heavy atom. The van der Waals surface area contributed by atoms with Crippen LogP contribution in [0.5, 0.6) is 11.5 Å². The number of carbonyl (C=O) groups excluding carboxylic acids is 2. The van der Waals surface area contributed by atoms with E-state index in [1.807, 2.05) is 0 Å². The number of hydrogen-bond acceptors (Lipinski definition) is 4. The zero-order valence-corrected chi connectivity index (χ0v) is 12.6. The molecule has 120 valence electrons. The van der Waals surface area contributed by atoms with Crippen LogP contribution in [0.1, 0.15) is 0 Å². The highest BCUT2D eigenvalue weighted by Gasteiger charge is 2.15. The first-order valence-electron chi connectivity index (χ1n) is 6.63. The van der Waals surface area contributed by atoms with Crippen LogP contribution >= 0.6 is 0 Å². The quantitative estimate of drug-likeness (QED) is 0.849. The van der Waals surface area contributed by atoms with Crippen LogP contribution in [0.25, 0.3) is 0 Å². The summed E-state index contributed by atoms with van der Waals surface area (Å²) in [5.41, 5.74) is 0.555. The molecule has 0 spiro atoms. The predicted molar refractivity (Wildman–Crippen MR) is 83.2 cm³/mol. The van der Waals surface area contributed by atoms with Crippen LogP contribution in [0.4, 0.5) is 15.8 Å². The molecule has 0 unspecified atom stereocenters. The maximum Gasteiger partial charge on any atom is 0.314 e. The topological polar surface area (TPSA) is 76.7 Å². The lowest BCUT2D eigenvalue weighted by molar-refractivity contribution is -0.133. The number of methoxy groups -OCH3 is 2. The molecule has 0 aliphatic carbocycles. The number of nitrogens with one attached hydrogen (secondary N) is 2. The number of benzene rings is 2. The number of amides is 2. The average Bonchev–Trinajstić information content (AvgIpc) is 2.54. The van der Waals surface area contributed by atoms with Crippen molar-refractivity contribution in [2.24, 2.45) is 0 Å². The van der Waals surface area contributed by atoms with E-state index in [0.29, 0.717) is 17.2 Å². The zero-order chi connectivity index (χ0) is 16.8. The van der Waals surface area contributed by atoms with Crippen LogP contribution in [0, 0.1) is 5.82 Å². The van der Waals surface area contributed by atoms with Crippen LogP contribution in [0.2, 0.25) is 0 Å². The summed E-state index contributed by atoms with van der Waals surface area (Å²) in [5, 5.41) is 4.73. The lowest BCUT2D eigenvalue weighted by Gasteiger charge is -2.10. The Kier molecular flexibility index (Phi) is 5.14. The van der Waals surface area contributed by atoms with Crippen LogP contribution < -0.4 is 20.1 Å². The number of halogens is 1. The summed E-state index contributed by atoms with van der Waals surface area (Å²) in [6, 6.07) is 9.93. The molecular formula is C16H15FN2O4. The number of carbonyl (C=O) groups is 2. The van der Waals surface area contributed by atoms with Gasteiger partial charge in [0.1, 0.15) is 5.82 Å². The SMILES string of the molecule is COc1ccc(NC(=O)C(=O)Nc2cccc(F)c2)cc1OC. The molecule has 2 N–H and O–H groups in total. The smallest absolute Gasteiger partial charge is 0.314 e. The number of rotatable bonds is 4. The molecule has 0 saturated heterocycles. The standard InChI is InChI=1S/C16H15FN2O4/c1-22-13-7-6-12(9-14(13)23-2)19-16(21)15(20)18-11-5-3-4-10(17)8-11/h3-9H,1-2H3,(H,18,20)(H,19,21). The van der Waals surface area contributed by atoms with E-state index in [0.717, 1.165) is 6.07 Å². The van der Waals surface area contributed by atoms with E-state index >= 15 is 0 Å². The van der Waals surface area contributed by atoms with Gasteiger partial charge in [0, 0.05) is 17.4 Å². The van der Waals surface area contributed by atoms with Crippen molar-refractivity contribution in [2.75, 3.05) is 24.9 Å². The van der Waals surface area contributed by atoms with Crippen molar-refractivity contribution in [1.29, 1.82) is 0 Å². The second-order valence-electron chi connectivity index (χ2n) is 4.49. The Hall–Kier alpha value is -3.09. The zero-order valence-electron chi connectivity index (χ0n) is 12.6. The molecule has 0 saturated carbocycles. The van der Waals surface area contributed by atoms with E-state index in [2.05, 4.69) is 10.6 Å². The molecular weight excluding hydrogens is 303 g/mol. The van der Waals surface area contributed by atoms with Crippen molar-refractivity contribution in [3.05, 3.63) is 48.3 Å². The van der Waals surface area contributed by atoms with Gasteiger partial charge in [-0.25, -0.2) is 4.39 Å². The number of anilines is 2. The summed E-state index contributed by atoms with van der Waals surface area (Å²) in [4.78, 5) is 23.7. The summed E-state index contributed by atoms with van der Waals surface area (Å²) in [5.74, 6) is -1.40. The van der Waals surface area contributed by atoms with Gasteiger partial charge in [0.25, 0.3) is 0 Å². The number of ether oxygens (including phenoxy) is 2. The Balaban J connectivity index is 2.05. The van der Waals surface area contributed by atoms with Gasteiger partial charge in [0.05, 0.1) is 14.2 Å².